The summed E-state index contributed by atoms with van der Waals surface area (Å²) >= 11 is 0. The zero-order valence-corrected chi connectivity index (χ0v) is 15.9. The number of nitrogens with one attached hydrogen (secondary N) is 1. The van der Waals surface area contributed by atoms with Gasteiger partial charge >= 0.3 is 0 Å². The number of halogens is 1. The second kappa shape index (κ2) is 8.72. The molecule has 7 nitrogen and oxygen atoms in total. The van der Waals surface area contributed by atoms with Gasteiger partial charge in [-0.05, 0) is 36.2 Å². The van der Waals surface area contributed by atoms with Crippen LogP contribution in [0.4, 0.5) is 16.0 Å². The molecule has 3 aromatic rings. The van der Waals surface area contributed by atoms with Gasteiger partial charge in [-0.15, -0.1) is 0 Å². The Morgan fingerprint density at radius 3 is 2.62 bits per heavy atom. The third kappa shape index (κ3) is 4.71. The first-order chi connectivity index (χ1) is 14.2. The standard InChI is InChI=1S/C21H22FN5O2/c22-17-5-3-16(4-6-17)7-8-23-19-14-20(25-15-24-19)26-9-11-27(12-10-26)21(28)18-2-1-13-29-18/h1-6,13-15H,7-12H2,(H,23,24,25). The highest BCUT2D eigenvalue weighted by Gasteiger charge is 2.24. The summed E-state index contributed by atoms with van der Waals surface area (Å²) < 4.78 is 18.2. The predicted octanol–water partition coefficient (Wildman–Crippen LogP) is 2.83. The predicted molar refractivity (Wildman–Crippen MR) is 107 cm³/mol. The van der Waals surface area contributed by atoms with Gasteiger partial charge in [-0.25, -0.2) is 14.4 Å². The van der Waals surface area contributed by atoms with Crippen molar-refractivity contribution in [1.29, 1.82) is 0 Å². The van der Waals surface area contributed by atoms with Crippen molar-refractivity contribution in [3.63, 3.8) is 0 Å². The van der Waals surface area contributed by atoms with Gasteiger partial charge in [0, 0.05) is 38.8 Å². The van der Waals surface area contributed by atoms with Gasteiger partial charge in [0.15, 0.2) is 5.76 Å². The maximum atomic E-state index is 13.0. The number of furan rings is 1. The van der Waals surface area contributed by atoms with Crippen LogP contribution in [0.2, 0.25) is 0 Å². The van der Waals surface area contributed by atoms with Gasteiger partial charge in [-0.3, -0.25) is 4.79 Å². The molecule has 1 aliphatic heterocycles. The van der Waals surface area contributed by atoms with E-state index in [1.807, 2.05) is 6.07 Å². The summed E-state index contributed by atoms with van der Waals surface area (Å²) in [6, 6.07) is 11.8. The fourth-order valence-corrected chi connectivity index (χ4v) is 3.30. The van der Waals surface area contributed by atoms with Gasteiger partial charge in [0.1, 0.15) is 23.8 Å². The van der Waals surface area contributed by atoms with Crippen molar-refractivity contribution in [2.24, 2.45) is 0 Å². The number of amides is 1. The molecule has 1 N–H and O–H groups in total. The van der Waals surface area contributed by atoms with Crippen LogP contribution in [0.1, 0.15) is 16.1 Å². The number of hydrogen-bond acceptors (Lipinski definition) is 6. The van der Waals surface area contributed by atoms with Crippen LogP contribution in [0.5, 0.6) is 0 Å². The Morgan fingerprint density at radius 2 is 1.90 bits per heavy atom. The molecule has 150 valence electrons. The smallest absolute Gasteiger partial charge is 0.289 e. The lowest BCUT2D eigenvalue weighted by atomic mass is 10.1. The molecule has 8 heteroatoms. The Bertz CT molecular complexity index is 938. The van der Waals surface area contributed by atoms with Gasteiger partial charge in [-0.2, -0.15) is 0 Å². The van der Waals surface area contributed by atoms with Crippen molar-refractivity contribution < 1.29 is 13.6 Å². The number of rotatable bonds is 6. The quantitative estimate of drug-likeness (QED) is 0.692. The maximum Gasteiger partial charge on any atom is 0.289 e. The maximum absolute atomic E-state index is 13.0. The number of carbonyl (C=O) groups excluding carboxylic acids is 1. The first kappa shape index (κ1) is 18.9. The van der Waals surface area contributed by atoms with Crippen LogP contribution in [0.15, 0.2) is 59.5 Å². The summed E-state index contributed by atoms with van der Waals surface area (Å²) in [4.78, 5) is 24.9. The molecule has 29 heavy (non-hydrogen) atoms. The second-order valence-corrected chi connectivity index (χ2v) is 6.82. The van der Waals surface area contributed by atoms with Gasteiger partial charge in [0.25, 0.3) is 5.91 Å². The molecule has 0 bridgehead atoms. The summed E-state index contributed by atoms with van der Waals surface area (Å²) in [5.41, 5.74) is 1.06. The number of carbonyl (C=O) groups is 1. The molecular formula is C21H22FN5O2. The zero-order chi connectivity index (χ0) is 20.1. The Morgan fingerprint density at radius 1 is 1.10 bits per heavy atom. The van der Waals surface area contributed by atoms with Crippen molar-refractivity contribution in [1.82, 2.24) is 14.9 Å². The third-order valence-electron chi connectivity index (χ3n) is 4.91. The molecule has 4 rings (SSSR count). The van der Waals surface area contributed by atoms with Crippen molar-refractivity contribution in [3.05, 3.63) is 72.2 Å². The van der Waals surface area contributed by atoms with Crippen LogP contribution < -0.4 is 10.2 Å². The van der Waals surface area contributed by atoms with Gasteiger partial charge in [-0.1, -0.05) is 12.1 Å². The summed E-state index contributed by atoms with van der Waals surface area (Å²) in [5, 5.41) is 3.28. The molecule has 1 amide bonds. The molecule has 0 atom stereocenters. The van der Waals surface area contributed by atoms with E-state index >= 15 is 0 Å². The highest BCUT2D eigenvalue weighted by Crippen LogP contribution is 2.17. The van der Waals surface area contributed by atoms with Gasteiger partial charge in [0.2, 0.25) is 0 Å². The van der Waals surface area contributed by atoms with E-state index in [9.17, 15) is 9.18 Å². The van der Waals surface area contributed by atoms with Crippen molar-refractivity contribution in [3.8, 4) is 0 Å². The van der Waals surface area contributed by atoms with E-state index in [2.05, 4.69) is 20.2 Å². The van der Waals surface area contributed by atoms with Crippen LogP contribution >= 0.6 is 0 Å². The summed E-state index contributed by atoms with van der Waals surface area (Å²) in [6.07, 6.45) is 3.82. The molecule has 1 fully saturated rings. The number of benzene rings is 1. The van der Waals surface area contributed by atoms with E-state index in [1.165, 1.54) is 24.7 Å². The summed E-state index contributed by atoms with van der Waals surface area (Å²) in [5.74, 6) is 1.63. The minimum absolute atomic E-state index is 0.0829. The van der Waals surface area contributed by atoms with Crippen LogP contribution in [-0.2, 0) is 6.42 Å². The van der Waals surface area contributed by atoms with E-state index in [-0.39, 0.29) is 11.7 Å². The average molecular weight is 395 g/mol. The van der Waals surface area contributed by atoms with E-state index in [0.717, 1.165) is 23.6 Å². The molecule has 1 saturated heterocycles. The molecule has 2 aromatic heterocycles. The SMILES string of the molecule is O=C(c1ccco1)N1CCN(c2cc(NCCc3ccc(F)cc3)ncn2)CC1. The number of anilines is 2. The minimum atomic E-state index is -0.229. The van der Waals surface area contributed by atoms with Crippen LogP contribution in [0.3, 0.4) is 0 Å². The highest BCUT2D eigenvalue weighted by atomic mass is 19.1. The monoisotopic (exact) mass is 395 g/mol. The summed E-state index contributed by atoms with van der Waals surface area (Å²) in [7, 11) is 0. The zero-order valence-electron chi connectivity index (χ0n) is 15.9. The fraction of sp³-hybridized carbons (Fsp3) is 0.286. The van der Waals surface area contributed by atoms with Gasteiger partial charge < -0.3 is 19.5 Å². The largest absolute Gasteiger partial charge is 0.459 e. The van der Waals surface area contributed by atoms with E-state index < -0.39 is 0 Å². The molecule has 0 unspecified atom stereocenters. The Balaban J connectivity index is 1.29. The normalized spacial score (nSPS) is 14.1. The summed E-state index contributed by atoms with van der Waals surface area (Å²) in [6.45, 7) is 3.29. The van der Waals surface area contributed by atoms with Crippen LogP contribution in [-0.4, -0.2) is 53.5 Å². The molecule has 3 heterocycles. The third-order valence-corrected chi connectivity index (χ3v) is 4.91. The molecular weight excluding hydrogens is 373 g/mol. The number of piperazine rings is 1. The van der Waals surface area contributed by atoms with E-state index in [1.54, 1.807) is 29.2 Å². The molecule has 0 radical (unpaired) electrons. The first-order valence-electron chi connectivity index (χ1n) is 9.57. The first-order valence-corrected chi connectivity index (χ1v) is 9.57. The minimum Gasteiger partial charge on any atom is -0.459 e. The number of hydrogen-bond donors (Lipinski definition) is 1. The lowest BCUT2D eigenvalue weighted by molar-refractivity contribution is 0.0714. The van der Waals surface area contributed by atoms with Crippen molar-refractivity contribution >= 4 is 17.5 Å². The Hall–Kier alpha value is -3.42. The van der Waals surface area contributed by atoms with Crippen molar-refractivity contribution in [2.75, 3.05) is 42.9 Å². The molecule has 0 aliphatic carbocycles. The molecule has 0 spiro atoms. The van der Waals surface area contributed by atoms with E-state index in [0.29, 0.717) is 38.5 Å². The van der Waals surface area contributed by atoms with Gasteiger partial charge in [0.05, 0.1) is 6.26 Å². The van der Waals surface area contributed by atoms with Crippen molar-refractivity contribution in [2.45, 2.75) is 6.42 Å². The van der Waals surface area contributed by atoms with Crippen LogP contribution in [0, 0.1) is 5.82 Å². The lowest BCUT2D eigenvalue weighted by Gasteiger charge is -2.35. The molecule has 1 aliphatic rings. The highest BCUT2D eigenvalue weighted by molar-refractivity contribution is 5.91. The Labute approximate surface area is 168 Å². The average Bonchev–Trinajstić information content (AvgIpc) is 3.30. The lowest BCUT2D eigenvalue weighted by Crippen LogP contribution is -2.49. The molecule has 1 aromatic carbocycles. The topological polar surface area (TPSA) is 74.5 Å². The second-order valence-electron chi connectivity index (χ2n) is 6.82. The number of aromatic nitrogens is 2. The van der Waals surface area contributed by atoms with E-state index in [4.69, 9.17) is 4.42 Å². The Kier molecular flexibility index (Phi) is 5.69. The molecule has 0 saturated carbocycles. The van der Waals surface area contributed by atoms with Crippen LogP contribution in [0.25, 0.3) is 0 Å². The fourth-order valence-electron chi connectivity index (χ4n) is 3.30. The number of nitrogens with zero attached hydrogens (tertiary/aromatic N) is 4.